The van der Waals surface area contributed by atoms with Crippen LogP contribution in [0.15, 0.2) is 36.4 Å². The second-order valence-corrected chi connectivity index (χ2v) is 9.60. The molecule has 2 bridgehead atoms. The van der Waals surface area contributed by atoms with Crippen LogP contribution >= 0.6 is 0 Å². The average molecular weight is 483 g/mol. The topological polar surface area (TPSA) is 119 Å². The summed E-state index contributed by atoms with van der Waals surface area (Å²) in [7, 11) is 0. The summed E-state index contributed by atoms with van der Waals surface area (Å²) in [6, 6.07) is 5.06. The second kappa shape index (κ2) is 10.0. The zero-order valence-corrected chi connectivity index (χ0v) is 20.1. The first-order chi connectivity index (χ1) is 16.7. The number of benzene rings is 1. The third-order valence-electron chi connectivity index (χ3n) is 6.84. The first kappa shape index (κ1) is 24.6. The highest BCUT2D eigenvalue weighted by atomic mass is 16.5. The summed E-state index contributed by atoms with van der Waals surface area (Å²) >= 11 is 0. The fourth-order valence-corrected chi connectivity index (χ4v) is 5.26. The molecule has 1 N–H and O–H groups in total. The number of nitrogens with one attached hydrogen (secondary N) is 1. The Kier molecular flexibility index (Phi) is 7.05. The molecule has 5 atom stereocenters. The van der Waals surface area contributed by atoms with E-state index in [0.29, 0.717) is 17.9 Å². The highest BCUT2D eigenvalue weighted by Crippen LogP contribution is 2.53. The molecule has 0 radical (unpaired) electrons. The number of allylic oxidation sites excluding steroid dienone is 2. The number of amides is 3. The number of likely N-dealkylation sites (tertiary alicyclic amines) is 1. The molecule has 4 rings (SSSR count). The van der Waals surface area contributed by atoms with Crippen molar-refractivity contribution in [3.05, 3.63) is 42.0 Å². The molecule has 1 saturated carbocycles. The lowest BCUT2D eigenvalue weighted by Crippen LogP contribution is -2.50. The van der Waals surface area contributed by atoms with Gasteiger partial charge in [0, 0.05) is 5.69 Å². The van der Waals surface area contributed by atoms with Crippen LogP contribution in [0.1, 0.15) is 44.0 Å². The molecule has 0 unspecified atom stereocenters. The highest BCUT2D eigenvalue weighted by Gasteiger charge is 2.61. The zero-order chi connectivity index (χ0) is 25.3. The third-order valence-corrected chi connectivity index (χ3v) is 6.84. The Labute approximate surface area is 203 Å². The first-order valence-electron chi connectivity index (χ1n) is 12.0. The Bertz CT molecular complexity index is 1030. The highest BCUT2D eigenvalue weighted by molar-refractivity contribution is 6.09. The summed E-state index contributed by atoms with van der Waals surface area (Å²) in [4.78, 5) is 64.4. The number of carbonyl (C=O) groups excluding carboxylic acids is 5. The molecule has 3 amide bonds. The minimum Gasteiger partial charge on any atom is -0.462 e. The minimum absolute atomic E-state index is 0.0425. The molecule has 0 spiro atoms. The number of rotatable bonds is 9. The van der Waals surface area contributed by atoms with Gasteiger partial charge in [-0.3, -0.25) is 19.3 Å². The Hall–Kier alpha value is -3.49. The molecule has 3 aliphatic rings. The van der Waals surface area contributed by atoms with E-state index in [9.17, 15) is 24.0 Å². The molecule has 1 aliphatic heterocycles. The van der Waals surface area contributed by atoms with Crippen molar-refractivity contribution < 1.29 is 33.4 Å². The molecule has 1 aromatic carbocycles. The normalized spacial score (nSPS) is 25.1. The number of ether oxygens (including phenoxy) is 2. The maximum absolute atomic E-state index is 13.1. The van der Waals surface area contributed by atoms with Gasteiger partial charge in [0.1, 0.15) is 6.04 Å². The number of hydrogen-bond acceptors (Lipinski definition) is 7. The Morgan fingerprint density at radius 3 is 2.14 bits per heavy atom. The van der Waals surface area contributed by atoms with Gasteiger partial charge in [0.15, 0.2) is 6.61 Å². The predicted molar refractivity (Wildman–Crippen MR) is 125 cm³/mol. The number of fused-ring (bicyclic) bond motifs is 5. The van der Waals surface area contributed by atoms with Gasteiger partial charge in [-0.1, -0.05) is 32.9 Å². The van der Waals surface area contributed by atoms with Crippen molar-refractivity contribution in [3.63, 3.8) is 0 Å². The molecule has 186 valence electrons. The minimum atomic E-state index is -1.08. The number of carbonyl (C=O) groups is 5. The molecule has 0 aromatic heterocycles. The van der Waals surface area contributed by atoms with Crippen LogP contribution in [0.2, 0.25) is 0 Å². The molecule has 2 fully saturated rings. The van der Waals surface area contributed by atoms with E-state index in [1.165, 1.54) is 12.1 Å². The van der Waals surface area contributed by atoms with E-state index in [2.05, 4.69) is 5.32 Å². The lowest BCUT2D eigenvalue weighted by Gasteiger charge is -2.28. The van der Waals surface area contributed by atoms with Gasteiger partial charge < -0.3 is 14.8 Å². The van der Waals surface area contributed by atoms with Crippen LogP contribution in [-0.4, -0.2) is 53.8 Å². The first-order valence-corrected chi connectivity index (χ1v) is 12.0. The lowest BCUT2D eigenvalue weighted by atomic mass is 9.85. The number of anilines is 1. The smallest absolute Gasteiger partial charge is 0.338 e. The van der Waals surface area contributed by atoms with Gasteiger partial charge in [-0.25, -0.2) is 9.59 Å². The average Bonchev–Trinajstić information content (AvgIpc) is 3.51. The SMILES string of the molecule is CCCOC(=O)c1ccc(NC(=O)COC(=O)[C@H](C(C)C)N2C(=O)[C@H]3[C@H](C2=O)[C@H]2C=C[C@H]3C2)cc1. The summed E-state index contributed by atoms with van der Waals surface area (Å²) in [6.45, 7) is 5.13. The number of imide groups is 1. The van der Waals surface area contributed by atoms with E-state index in [0.717, 1.165) is 17.7 Å². The maximum atomic E-state index is 13.1. The van der Waals surface area contributed by atoms with Crippen molar-refractivity contribution in [1.82, 2.24) is 4.90 Å². The summed E-state index contributed by atoms with van der Waals surface area (Å²) in [6.07, 6.45) is 5.51. The van der Waals surface area contributed by atoms with E-state index < -0.39 is 42.3 Å². The van der Waals surface area contributed by atoms with E-state index >= 15 is 0 Å². The molecular formula is C26H30N2O7. The van der Waals surface area contributed by atoms with Crippen LogP contribution < -0.4 is 5.32 Å². The molecule has 35 heavy (non-hydrogen) atoms. The van der Waals surface area contributed by atoms with E-state index in [1.54, 1.807) is 26.0 Å². The zero-order valence-electron chi connectivity index (χ0n) is 20.1. The summed E-state index contributed by atoms with van der Waals surface area (Å²) in [5, 5.41) is 2.59. The van der Waals surface area contributed by atoms with Gasteiger partial charge in [0.25, 0.3) is 5.91 Å². The molecular weight excluding hydrogens is 452 g/mol. The summed E-state index contributed by atoms with van der Waals surface area (Å²) in [5.74, 6) is -3.56. The number of hydrogen-bond donors (Lipinski definition) is 1. The predicted octanol–water partition coefficient (Wildman–Crippen LogP) is 2.57. The van der Waals surface area contributed by atoms with E-state index in [-0.39, 0.29) is 29.6 Å². The quantitative estimate of drug-likeness (QED) is 0.326. The van der Waals surface area contributed by atoms with Gasteiger partial charge in [-0.05, 0) is 54.9 Å². The van der Waals surface area contributed by atoms with Crippen molar-refractivity contribution in [1.29, 1.82) is 0 Å². The van der Waals surface area contributed by atoms with Crippen molar-refractivity contribution in [2.75, 3.05) is 18.5 Å². The van der Waals surface area contributed by atoms with Crippen molar-refractivity contribution in [2.45, 2.75) is 39.7 Å². The van der Waals surface area contributed by atoms with Crippen LogP contribution in [0, 0.1) is 29.6 Å². The van der Waals surface area contributed by atoms with Crippen molar-refractivity contribution in [3.8, 4) is 0 Å². The molecule has 2 aliphatic carbocycles. The fraction of sp³-hybridized carbons (Fsp3) is 0.500. The maximum Gasteiger partial charge on any atom is 0.338 e. The number of nitrogens with zero attached hydrogens (tertiary/aromatic N) is 1. The van der Waals surface area contributed by atoms with Gasteiger partial charge in [-0.15, -0.1) is 0 Å². The molecule has 9 heteroatoms. The van der Waals surface area contributed by atoms with Crippen LogP contribution in [0.5, 0.6) is 0 Å². The van der Waals surface area contributed by atoms with Crippen LogP contribution in [0.3, 0.4) is 0 Å². The van der Waals surface area contributed by atoms with Gasteiger partial charge in [0.2, 0.25) is 11.8 Å². The van der Waals surface area contributed by atoms with Crippen LogP contribution in [0.25, 0.3) is 0 Å². The van der Waals surface area contributed by atoms with Crippen molar-refractivity contribution >= 4 is 35.3 Å². The largest absolute Gasteiger partial charge is 0.462 e. The third kappa shape index (κ3) is 4.72. The summed E-state index contributed by atoms with van der Waals surface area (Å²) in [5.41, 5.74) is 0.773. The second-order valence-electron chi connectivity index (χ2n) is 9.60. The molecule has 1 aromatic rings. The molecule has 9 nitrogen and oxygen atoms in total. The van der Waals surface area contributed by atoms with Crippen LogP contribution in [-0.2, 0) is 28.7 Å². The Balaban J connectivity index is 1.34. The monoisotopic (exact) mass is 482 g/mol. The fourth-order valence-electron chi connectivity index (χ4n) is 5.26. The number of esters is 2. The van der Waals surface area contributed by atoms with Crippen LogP contribution in [0.4, 0.5) is 5.69 Å². The Morgan fingerprint density at radius 2 is 1.60 bits per heavy atom. The Morgan fingerprint density at radius 1 is 1.00 bits per heavy atom. The lowest BCUT2D eigenvalue weighted by molar-refractivity contribution is -0.162. The molecule has 1 heterocycles. The molecule has 1 saturated heterocycles. The summed E-state index contributed by atoms with van der Waals surface area (Å²) < 4.78 is 10.3. The van der Waals surface area contributed by atoms with Gasteiger partial charge >= 0.3 is 11.9 Å². The van der Waals surface area contributed by atoms with E-state index in [4.69, 9.17) is 9.47 Å². The van der Waals surface area contributed by atoms with Crippen molar-refractivity contribution in [2.24, 2.45) is 29.6 Å². The standard InChI is InChI=1S/C26H30N2O7/c1-4-11-34-25(32)15-7-9-18(10-8-15)27-19(29)13-35-26(33)22(14(2)3)28-23(30)20-16-5-6-17(12-16)21(20)24(28)31/h5-10,14,16-17,20-22H,4,11-13H2,1-3H3,(H,27,29)/t16-,17-,20+,21+,22-/m0/s1. The van der Waals surface area contributed by atoms with E-state index in [1.807, 2.05) is 19.1 Å². The van der Waals surface area contributed by atoms with Gasteiger partial charge in [0.05, 0.1) is 24.0 Å². The van der Waals surface area contributed by atoms with Gasteiger partial charge in [-0.2, -0.15) is 0 Å².